The zero-order valence-electron chi connectivity index (χ0n) is 20.6. The lowest BCUT2D eigenvalue weighted by Crippen LogP contribution is -2.36. The molecule has 186 valence electrons. The van der Waals surface area contributed by atoms with Gasteiger partial charge in [0.25, 0.3) is 0 Å². The number of aromatic nitrogens is 1. The fourth-order valence-corrected chi connectivity index (χ4v) is 5.34. The van der Waals surface area contributed by atoms with Crippen molar-refractivity contribution in [3.05, 3.63) is 47.2 Å². The van der Waals surface area contributed by atoms with E-state index in [1.165, 1.54) is 5.56 Å². The zero-order valence-corrected chi connectivity index (χ0v) is 20.6. The van der Waals surface area contributed by atoms with E-state index in [-0.39, 0.29) is 23.7 Å². The van der Waals surface area contributed by atoms with Crippen LogP contribution in [0.15, 0.2) is 30.3 Å². The van der Waals surface area contributed by atoms with E-state index >= 15 is 0 Å². The van der Waals surface area contributed by atoms with Gasteiger partial charge < -0.3 is 19.7 Å². The quantitative estimate of drug-likeness (QED) is 0.431. The van der Waals surface area contributed by atoms with E-state index in [9.17, 15) is 9.59 Å². The van der Waals surface area contributed by atoms with Gasteiger partial charge in [0, 0.05) is 43.7 Å². The first kappa shape index (κ1) is 23.6. The van der Waals surface area contributed by atoms with Gasteiger partial charge in [0.15, 0.2) is 0 Å². The number of nitrogens with one attached hydrogen (secondary N) is 1. The molecule has 1 amide bonds. The normalized spacial score (nSPS) is 19.5. The molecule has 2 atom stereocenters. The molecule has 7 heteroatoms. The van der Waals surface area contributed by atoms with Crippen molar-refractivity contribution in [1.29, 1.82) is 0 Å². The number of aryl methyl sites for hydroxylation is 2. The molecule has 1 N–H and O–H groups in total. The summed E-state index contributed by atoms with van der Waals surface area (Å²) in [5.41, 5.74) is 3.53. The largest absolute Gasteiger partial charge is 0.493 e. The number of fused-ring (bicyclic) bond motifs is 2. The topological polar surface area (TPSA) is 80.8 Å². The standard InChI is InChI=1S/C28H35N3O4/c1-2-19(28(33)35-24-11-9-20-13-16-34-25(20)17-24)18-31-15-12-22(27(31)32)5-3-7-23-10-8-21-6-4-14-29-26(21)30-23/h8-11,17,19,22H,2-7,12-16,18H2,1H3,(H,29,30)/t19?,22-/m0/s1. The molecule has 0 saturated carbocycles. The number of carbonyl (C=O) groups excluding carboxylic acids is 2. The van der Waals surface area contributed by atoms with Crippen LogP contribution in [0.25, 0.3) is 0 Å². The summed E-state index contributed by atoms with van der Waals surface area (Å²) in [5.74, 6) is 1.92. The molecule has 3 aliphatic rings. The highest BCUT2D eigenvalue weighted by atomic mass is 16.5. The van der Waals surface area contributed by atoms with Gasteiger partial charge in [0.1, 0.15) is 17.3 Å². The van der Waals surface area contributed by atoms with Crippen LogP contribution in [0.4, 0.5) is 5.82 Å². The Morgan fingerprint density at radius 2 is 2.14 bits per heavy atom. The Hall–Kier alpha value is -3.09. The highest BCUT2D eigenvalue weighted by molar-refractivity contribution is 5.82. The first-order chi connectivity index (χ1) is 17.1. The van der Waals surface area contributed by atoms with Crippen LogP contribution in [0.3, 0.4) is 0 Å². The van der Waals surface area contributed by atoms with Crippen LogP contribution in [0.5, 0.6) is 11.5 Å². The first-order valence-electron chi connectivity index (χ1n) is 13.1. The molecule has 0 bridgehead atoms. The molecule has 4 heterocycles. The summed E-state index contributed by atoms with van der Waals surface area (Å²) in [5, 5.41) is 3.39. The minimum atomic E-state index is -0.334. The zero-order chi connectivity index (χ0) is 24.2. The summed E-state index contributed by atoms with van der Waals surface area (Å²) in [6.45, 7) is 4.76. The molecule has 2 aromatic rings. The van der Waals surface area contributed by atoms with Crippen LogP contribution in [-0.4, -0.2) is 48.0 Å². The molecule has 0 spiro atoms. The number of anilines is 1. The Bertz CT molecular complexity index is 1090. The Kier molecular flexibility index (Phi) is 7.21. The Morgan fingerprint density at radius 1 is 1.26 bits per heavy atom. The monoisotopic (exact) mass is 477 g/mol. The molecule has 1 fully saturated rings. The van der Waals surface area contributed by atoms with E-state index in [4.69, 9.17) is 14.5 Å². The maximum atomic E-state index is 13.0. The summed E-state index contributed by atoms with van der Waals surface area (Å²) in [6, 6.07) is 9.88. The summed E-state index contributed by atoms with van der Waals surface area (Å²) in [4.78, 5) is 32.5. The van der Waals surface area contributed by atoms with Gasteiger partial charge in [-0.05, 0) is 68.2 Å². The van der Waals surface area contributed by atoms with E-state index < -0.39 is 0 Å². The third kappa shape index (κ3) is 5.44. The van der Waals surface area contributed by atoms with E-state index in [0.717, 1.165) is 74.3 Å². The predicted molar refractivity (Wildman–Crippen MR) is 134 cm³/mol. The van der Waals surface area contributed by atoms with Gasteiger partial charge in [-0.3, -0.25) is 9.59 Å². The minimum absolute atomic E-state index is 0.0353. The average molecular weight is 478 g/mol. The molecular formula is C28H35N3O4. The number of likely N-dealkylation sites (tertiary alicyclic amines) is 1. The average Bonchev–Trinajstić information content (AvgIpc) is 3.48. The SMILES string of the molecule is CCC(CN1CC[C@H](CCCc2ccc3c(n2)NCCC3)C1=O)C(=O)Oc1ccc2c(c1)OCC2. The van der Waals surface area contributed by atoms with Crippen molar-refractivity contribution in [2.75, 3.05) is 31.6 Å². The van der Waals surface area contributed by atoms with Crippen LogP contribution in [0, 0.1) is 11.8 Å². The highest BCUT2D eigenvalue weighted by Crippen LogP contribution is 2.30. The Morgan fingerprint density at radius 3 is 3.03 bits per heavy atom. The van der Waals surface area contributed by atoms with E-state index in [1.54, 1.807) is 6.07 Å². The maximum Gasteiger partial charge on any atom is 0.316 e. The number of hydrogen-bond donors (Lipinski definition) is 1. The lowest BCUT2D eigenvalue weighted by molar-refractivity contribution is -0.141. The van der Waals surface area contributed by atoms with Crippen molar-refractivity contribution >= 4 is 17.7 Å². The lowest BCUT2D eigenvalue weighted by atomic mass is 9.99. The van der Waals surface area contributed by atoms with Crippen LogP contribution < -0.4 is 14.8 Å². The number of amides is 1. The number of esters is 1. The number of pyridine rings is 1. The molecule has 1 saturated heterocycles. The van der Waals surface area contributed by atoms with Crippen molar-refractivity contribution in [1.82, 2.24) is 9.88 Å². The summed E-state index contributed by atoms with van der Waals surface area (Å²) < 4.78 is 11.2. The molecule has 1 unspecified atom stereocenters. The second-order valence-electron chi connectivity index (χ2n) is 9.90. The second kappa shape index (κ2) is 10.7. The number of hydrogen-bond acceptors (Lipinski definition) is 6. The molecule has 0 aliphatic carbocycles. The Balaban J connectivity index is 1.10. The van der Waals surface area contributed by atoms with E-state index in [0.29, 0.717) is 31.9 Å². The van der Waals surface area contributed by atoms with Crippen LogP contribution in [-0.2, 0) is 28.9 Å². The number of benzene rings is 1. The summed E-state index contributed by atoms with van der Waals surface area (Å²) >= 11 is 0. The first-order valence-corrected chi connectivity index (χ1v) is 13.1. The number of ether oxygens (including phenoxy) is 2. The fourth-order valence-electron chi connectivity index (χ4n) is 5.34. The van der Waals surface area contributed by atoms with Crippen molar-refractivity contribution in [3.63, 3.8) is 0 Å². The van der Waals surface area contributed by atoms with Gasteiger partial charge in [0.05, 0.1) is 12.5 Å². The highest BCUT2D eigenvalue weighted by Gasteiger charge is 2.34. The molecule has 3 aliphatic heterocycles. The summed E-state index contributed by atoms with van der Waals surface area (Å²) in [6.07, 6.45) is 7.31. The van der Waals surface area contributed by atoms with Crippen LogP contribution in [0.2, 0.25) is 0 Å². The molecule has 7 nitrogen and oxygen atoms in total. The molecule has 0 radical (unpaired) electrons. The molecular weight excluding hydrogens is 442 g/mol. The predicted octanol–water partition coefficient (Wildman–Crippen LogP) is 4.18. The van der Waals surface area contributed by atoms with Gasteiger partial charge in [-0.1, -0.05) is 19.1 Å². The van der Waals surface area contributed by atoms with Crippen molar-refractivity contribution in [3.8, 4) is 11.5 Å². The van der Waals surface area contributed by atoms with Gasteiger partial charge in [-0.15, -0.1) is 0 Å². The van der Waals surface area contributed by atoms with E-state index in [2.05, 4.69) is 17.4 Å². The van der Waals surface area contributed by atoms with Gasteiger partial charge in [-0.25, -0.2) is 4.98 Å². The smallest absolute Gasteiger partial charge is 0.316 e. The van der Waals surface area contributed by atoms with Gasteiger partial charge in [-0.2, -0.15) is 0 Å². The molecule has 1 aromatic carbocycles. The Labute approximate surface area is 207 Å². The molecule has 35 heavy (non-hydrogen) atoms. The van der Waals surface area contributed by atoms with E-state index in [1.807, 2.05) is 24.0 Å². The van der Waals surface area contributed by atoms with Crippen LogP contribution in [0.1, 0.15) is 55.8 Å². The summed E-state index contributed by atoms with van der Waals surface area (Å²) in [7, 11) is 0. The second-order valence-corrected chi connectivity index (χ2v) is 9.90. The van der Waals surface area contributed by atoms with Crippen molar-refractivity contribution in [2.45, 2.75) is 58.3 Å². The lowest BCUT2D eigenvalue weighted by Gasteiger charge is -2.22. The van der Waals surface area contributed by atoms with Gasteiger partial charge in [0.2, 0.25) is 5.91 Å². The third-order valence-electron chi connectivity index (χ3n) is 7.50. The molecule has 1 aromatic heterocycles. The van der Waals surface area contributed by atoms with Crippen molar-refractivity contribution < 1.29 is 19.1 Å². The van der Waals surface area contributed by atoms with Gasteiger partial charge >= 0.3 is 5.97 Å². The van der Waals surface area contributed by atoms with Crippen LogP contribution >= 0.6 is 0 Å². The number of carbonyl (C=O) groups is 2. The molecule has 5 rings (SSSR count). The maximum absolute atomic E-state index is 13.0. The number of nitrogens with zero attached hydrogens (tertiary/aromatic N) is 2. The fraction of sp³-hybridized carbons (Fsp3) is 0.536. The third-order valence-corrected chi connectivity index (χ3v) is 7.50. The minimum Gasteiger partial charge on any atom is -0.493 e. The van der Waals surface area contributed by atoms with Crippen molar-refractivity contribution in [2.24, 2.45) is 11.8 Å². The number of rotatable bonds is 9.